The SMILES string of the molecule is O.O=C(NCc1cccnc1)Nc1ccc(NS(=O)c2cccnc2)cc1. The summed E-state index contributed by atoms with van der Waals surface area (Å²) < 4.78 is 15.1. The molecule has 3 rings (SSSR count). The largest absolute Gasteiger partial charge is 0.412 e. The molecule has 0 radical (unpaired) electrons. The van der Waals surface area contributed by atoms with Gasteiger partial charge in [-0.05, 0) is 48.0 Å². The molecule has 0 bridgehead atoms. The second-order valence-electron chi connectivity index (χ2n) is 5.31. The molecule has 1 unspecified atom stereocenters. The minimum atomic E-state index is -1.39. The summed E-state index contributed by atoms with van der Waals surface area (Å²) >= 11 is 0. The Morgan fingerprint density at radius 2 is 1.59 bits per heavy atom. The van der Waals surface area contributed by atoms with Gasteiger partial charge in [0, 0.05) is 42.7 Å². The number of amides is 2. The molecule has 1 atom stereocenters. The summed E-state index contributed by atoms with van der Waals surface area (Å²) in [6.07, 6.45) is 6.55. The summed E-state index contributed by atoms with van der Waals surface area (Å²) in [5.74, 6) is 0. The van der Waals surface area contributed by atoms with Crippen LogP contribution < -0.4 is 15.4 Å². The maximum absolute atomic E-state index is 12.2. The van der Waals surface area contributed by atoms with E-state index in [4.69, 9.17) is 0 Å². The van der Waals surface area contributed by atoms with Crippen LogP contribution in [0.15, 0.2) is 78.2 Å². The quantitative estimate of drug-likeness (QED) is 0.600. The summed E-state index contributed by atoms with van der Waals surface area (Å²) in [6.45, 7) is 0.392. The van der Waals surface area contributed by atoms with Crippen LogP contribution in [0.25, 0.3) is 0 Å². The normalized spacial score (nSPS) is 11.0. The number of anilines is 2. The van der Waals surface area contributed by atoms with E-state index < -0.39 is 11.0 Å². The van der Waals surface area contributed by atoms with E-state index in [1.165, 1.54) is 0 Å². The van der Waals surface area contributed by atoms with Crippen LogP contribution in [0.1, 0.15) is 5.56 Å². The van der Waals surface area contributed by atoms with Crippen molar-refractivity contribution < 1.29 is 14.5 Å². The highest BCUT2D eigenvalue weighted by atomic mass is 32.2. The first-order chi connectivity index (χ1) is 12.7. The topological polar surface area (TPSA) is 128 Å². The molecule has 1 aromatic carbocycles. The summed E-state index contributed by atoms with van der Waals surface area (Å²) in [6, 6.07) is 13.8. The zero-order valence-corrected chi connectivity index (χ0v) is 15.1. The van der Waals surface area contributed by atoms with E-state index in [-0.39, 0.29) is 11.5 Å². The van der Waals surface area contributed by atoms with Crippen molar-refractivity contribution in [2.45, 2.75) is 11.4 Å². The van der Waals surface area contributed by atoms with Gasteiger partial charge in [-0.15, -0.1) is 0 Å². The third kappa shape index (κ3) is 6.17. The van der Waals surface area contributed by atoms with E-state index >= 15 is 0 Å². The standard InChI is InChI=1S/C18H17N5O2S.H2O/c24-18(21-12-14-3-1-9-19-11-14)22-15-5-7-16(8-6-15)23-26(25)17-4-2-10-20-13-17;/h1-11,13,23H,12H2,(H2,21,22,24);1H2. The van der Waals surface area contributed by atoms with Crippen LogP contribution in [0, 0.1) is 0 Å². The number of nitrogens with one attached hydrogen (secondary N) is 3. The molecule has 8 nitrogen and oxygen atoms in total. The molecule has 2 aromatic heterocycles. The highest BCUT2D eigenvalue weighted by Crippen LogP contribution is 2.16. The van der Waals surface area contributed by atoms with Crippen LogP contribution in [-0.4, -0.2) is 25.7 Å². The molecular formula is C18H19N5O3S. The predicted molar refractivity (Wildman–Crippen MR) is 104 cm³/mol. The van der Waals surface area contributed by atoms with Gasteiger partial charge in [0.2, 0.25) is 0 Å². The zero-order valence-electron chi connectivity index (χ0n) is 14.3. The Kier molecular flexibility index (Phi) is 7.41. The summed E-state index contributed by atoms with van der Waals surface area (Å²) in [4.78, 5) is 20.4. The number of rotatable bonds is 6. The van der Waals surface area contributed by atoms with Crippen molar-refractivity contribution in [3.8, 4) is 0 Å². The molecule has 2 amide bonds. The molecule has 0 saturated heterocycles. The highest BCUT2D eigenvalue weighted by molar-refractivity contribution is 7.86. The number of hydrogen-bond donors (Lipinski definition) is 3. The second-order valence-corrected chi connectivity index (χ2v) is 6.52. The van der Waals surface area contributed by atoms with Crippen LogP contribution in [0.3, 0.4) is 0 Å². The average Bonchev–Trinajstić information content (AvgIpc) is 2.69. The Morgan fingerprint density at radius 3 is 2.22 bits per heavy atom. The highest BCUT2D eigenvalue weighted by Gasteiger charge is 2.05. The van der Waals surface area contributed by atoms with Crippen molar-refractivity contribution in [3.05, 3.63) is 78.9 Å². The Morgan fingerprint density at radius 1 is 0.926 bits per heavy atom. The number of carbonyl (C=O) groups is 1. The second kappa shape index (κ2) is 10.00. The molecule has 5 N–H and O–H groups in total. The summed E-state index contributed by atoms with van der Waals surface area (Å²) in [5, 5.41) is 5.49. The monoisotopic (exact) mass is 385 g/mol. The van der Waals surface area contributed by atoms with Crippen LogP contribution in [0.2, 0.25) is 0 Å². The third-order valence-corrected chi connectivity index (χ3v) is 4.47. The van der Waals surface area contributed by atoms with Crippen molar-refractivity contribution in [1.82, 2.24) is 15.3 Å². The van der Waals surface area contributed by atoms with E-state index in [1.807, 2.05) is 12.1 Å². The Bertz CT molecular complexity index is 877. The fourth-order valence-electron chi connectivity index (χ4n) is 2.10. The van der Waals surface area contributed by atoms with Crippen molar-refractivity contribution >= 4 is 28.4 Å². The predicted octanol–water partition coefficient (Wildman–Crippen LogP) is 2.11. The molecular weight excluding hydrogens is 366 g/mol. The molecule has 0 aliphatic rings. The lowest BCUT2D eigenvalue weighted by atomic mass is 10.3. The lowest BCUT2D eigenvalue weighted by Crippen LogP contribution is -2.28. The molecule has 0 aliphatic heterocycles. The smallest absolute Gasteiger partial charge is 0.319 e. The minimum absolute atomic E-state index is 0. The summed E-state index contributed by atoms with van der Waals surface area (Å²) in [5.41, 5.74) is 2.22. The van der Waals surface area contributed by atoms with E-state index in [2.05, 4.69) is 25.3 Å². The lowest BCUT2D eigenvalue weighted by molar-refractivity contribution is 0.251. The first kappa shape index (κ1) is 20.0. The van der Waals surface area contributed by atoms with Crippen LogP contribution in [0.4, 0.5) is 16.2 Å². The molecule has 140 valence electrons. The maximum Gasteiger partial charge on any atom is 0.319 e. The van der Waals surface area contributed by atoms with Crippen LogP contribution in [-0.2, 0) is 17.5 Å². The Hall–Kier alpha value is -3.30. The number of aromatic nitrogens is 2. The molecule has 2 heterocycles. The van der Waals surface area contributed by atoms with Crippen LogP contribution >= 0.6 is 0 Å². The van der Waals surface area contributed by atoms with Crippen molar-refractivity contribution in [2.75, 3.05) is 10.0 Å². The third-order valence-electron chi connectivity index (χ3n) is 3.38. The van der Waals surface area contributed by atoms with E-state index in [1.54, 1.807) is 61.2 Å². The summed E-state index contributed by atoms with van der Waals surface area (Å²) in [7, 11) is -1.39. The van der Waals surface area contributed by atoms with Gasteiger partial charge in [-0.3, -0.25) is 9.97 Å². The number of pyridine rings is 2. The van der Waals surface area contributed by atoms with Gasteiger partial charge in [0.05, 0.1) is 4.90 Å². The number of hydrogen-bond acceptors (Lipinski definition) is 4. The van der Waals surface area contributed by atoms with Gasteiger partial charge in [0.1, 0.15) is 0 Å². The van der Waals surface area contributed by atoms with E-state index in [0.717, 1.165) is 5.56 Å². The van der Waals surface area contributed by atoms with Gasteiger partial charge in [-0.2, -0.15) is 0 Å². The fraction of sp³-hybridized carbons (Fsp3) is 0.0556. The molecule has 9 heteroatoms. The molecule has 0 spiro atoms. The molecule has 0 saturated carbocycles. The van der Waals surface area contributed by atoms with Gasteiger partial charge >= 0.3 is 6.03 Å². The number of nitrogens with zero attached hydrogens (tertiary/aromatic N) is 2. The Balaban J connectivity index is 0.00000261. The maximum atomic E-state index is 12.2. The van der Waals surface area contributed by atoms with Gasteiger partial charge in [-0.25, -0.2) is 9.00 Å². The van der Waals surface area contributed by atoms with Crippen molar-refractivity contribution in [3.63, 3.8) is 0 Å². The van der Waals surface area contributed by atoms with Gasteiger partial charge < -0.3 is 20.8 Å². The Labute approximate surface area is 159 Å². The first-order valence-corrected chi connectivity index (χ1v) is 8.98. The fourth-order valence-corrected chi connectivity index (χ4v) is 2.93. The number of carbonyl (C=O) groups excluding carboxylic acids is 1. The van der Waals surface area contributed by atoms with Crippen molar-refractivity contribution in [2.24, 2.45) is 0 Å². The minimum Gasteiger partial charge on any atom is -0.412 e. The number of urea groups is 1. The zero-order chi connectivity index (χ0) is 18.2. The lowest BCUT2D eigenvalue weighted by Gasteiger charge is -2.09. The van der Waals surface area contributed by atoms with Crippen molar-refractivity contribution in [1.29, 1.82) is 0 Å². The van der Waals surface area contributed by atoms with Gasteiger partial charge in [0.25, 0.3) is 0 Å². The van der Waals surface area contributed by atoms with E-state index in [9.17, 15) is 9.00 Å². The van der Waals surface area contributed by atoms with Crippen LogP contribution in [0.5, 0.6) is 0 Å². The number of benzene rings is 1. The van der Waals surface area contributed by atoms with E-state index in [0.29, 0.717) is 22.8 Å². The average molecular weight is 385 g/mol. The van der Waals surface area contributed by atoms with Gasteiger partial charge in [-0.1, -0.05) is 6.07 Å². The molecule has 0 fully saturated rings. The molecule has 0 aliphatic carbocycles. The first-order valence-electron chi connectivity index (χ1n) is 7.83. The molecule has 3 aromatic rings. The molecule has 27 heavy (non-hydrogen) atoms. The van der Waals surface area contributed by atoms with Gasteiger partial charge in [0.15, 0.2) is 11.0 Å².